The van der Waals surface area contributed by atoms with Crippen LogP contribution in [0.1, 0.15) is 14.5 Å². The molecular formula is C9H13FN3O3P. The highest BCUT2D eigenvalue weighted by molar-refractivity contribution is 7.18. The third-order valence-corrected chi connectivity index (χ3v) is 3.22. The number of hydrogen-bond donors (Lipinski definition) is 2. The van der Waals surface area contributed by atoms with Crippen molar-refractivity contribution in [2.75, 3.05) is 5.73 Å². The van der Waals surface area contributed by atoms with E-state index in [0.717, 1.165) is 4.57 Å². The van der Waals surface area contributed by atoms with E-state index < -0.39 is 29.5 Å². The van der Waals surface area contributed by atoms with Crippen molar-refractivity contribution in [2.45, 2.75) is 30.7 Å². The number of alkyl halides is 1. The van der Waals surface area contributed by atoms with Gasteiger partial charge in [0.1, 0.15) is 11.9 Å². The van der Waals surface area contributed by atoms with Crippen molar-refractivity contribution in [1.82, 2.24) is 9.55 Å². The van der Waals surface area contributed by atoms with Crippen LogP contribution < -0.4 is 11.4 Å². The fraction of sp³-hybridized carbons (Fsp3) is 0.556. The molecule has 1 fully saturated rings. The standard InChI is InChI=1S/C9H13FN3O3P/c1-4-6(14)9(10,17)7(16-4)13-3-2-5(11)12-8(13)15/h2-4,6-7,14H,17H2,1H3,(H2,11,12,15)/t4-,6?,7-,9?/m1/s1/i1D. The predicted molar refractivity (Wildman–Crippen MR) is 62.0 cm³/mol. The lowest BCUT2D eigenvalue weighted by atomic mass is 10.1. The van der Waals surface area contributed by atoms with E-state index in [-0.39, 0.29) is 12.7 Å². The van der Waals surface area contributed by atoms with E-state index in [2.05, 4.69) is 4.98 Å². The molecule has 8 heteroatoms. The Balaban J connectivity index is 2.42. The topological polar surface area (TPSA) is 90.4 Å². The summed E-state index contributed by atoms with van der Waals surface area (Å²) in [6.07, 6.45) is -2.61. The van der Waals surface area contributed by atoms with Gasteiger partial charge in [0.05, 0.1) is 6.10 Å². The van der Waals surface area contributed by atoms with Gasteiger partial charge >= 0.3 is 5.69 Å². The Bertz CT molecular complexity index is 512. The average Bonchev–Trinajstić information content (AvgIpc) is 2.52. The minimum Gasteiger partial charge on any atom is -0.387 e. The summed E-state index contributed by atoms with van der Waals surface area (Å²) in [5.41, 5.74) is 4.56. The van der Waals surface area contributed by atoms with Gasteiger partial charge in [0.2, 0.25) is 0 Å². The fourth-order valence-corrected chi connectivity index (χ4v) is 2.11. The van der Waals surface area contributed by atoms with Crippen LogP contribution in [-0.2, 0) is 4.74 Å². The number of nitrogens with two attached hydrogens (primary N) is 1. The highest BCUT2D eigenvalue weighted by Crippen LogP contribution is 2.45. The van der Waals surface area contributed by atoms with Gasteiger partial charge in [-0.25, -0.2) is 9.18 Å². The molecule has 1 aromatic rings. The zero-order valence-corrected chi connectivity index (χ0v) is 9.94. The summed E-state index contributed by atoms with van der Waals surface area (Å²) in [5, 5.41) is 7.44. The molecule has 0 aromatic carbocycles. The average molecular weight is 262 g/mol. The molecular weight excluding hydrogens is 248 g/mol. The van der Waals surface area contributed by atoms with Crippen LogP contribution in [0.25, 0.3) is 0 Å². The zero-order chi connectivity index (χ0) is 13.5. The maximum absolute atomic E-state index is 14.4. The molecule has 2 heterocycles. The zero-order valence-electron chi connectivity index (χ0n) is 9.78. The number of nitrogens with zero attached hydrogens (tertiary/aromatic N) is 2. The van der Waals surface area contributed by atoms with E-state index in [1.807, 2.05) is 9.24 Å². The summed E-state index contributed by atoms with van der Waals surface area (Å²) in [6.45, 7) is -0.311. The number of nitrogen functional groups attached to an aromatic ring is 1. The van der Waals surface area contributed by atoms with Crippen LogP contribution in [0.15, 0.2) is 17.1 Å². The summed E-state index contributed by atoms with van der Waals surface area (Å²) >= 11 is 0. The lowest BCUT2D eigenvalue weighted by Gasteiger charge is -2.24. The lowest BCUT2D eigenvalue weighted by Crippen LogP contribution is -2.39. The molecule has 1 aliphatic heterocycles. The number of rotatable bonds is 1. The van der Waals surface area contributed by atoms with Crippen molar-refractivity contribution < 1.29 is 15.6 Å². The maximum atomic E-state index is 14.4. The van der Waals surface area contributed by atoms with E-state index in [0.29, 0.717) is 0 Å². The molecule has 17 heavy (non-hydrogen) atoms. The number of anilines is 1. The molecule has 1 saturated heterocycles. The first-order valence-corrected chi connectivity index (χ1v) is 5.41. The molecule has 3 N–H and O–H groups in total. The number of hydrogen-bond acceptors (Lipinski definition) is 5. The molecule has 0 amide bonds. The van der Waals surface area contributed by atoms with Gasteiger partial charge in [-0.15, -0.1) is 0 Å². The Morgan fingerprint density at radius 1 is 1.88 bits per heavy atom. The predicted octanol–water partition coefficient (Wildman–Crippen LogP) is -0.355. The smallest absolute Gasteiger partial charge is 0.351 e. The highest BCUT2D eigenvalue weighted by atomic mass is 31.0. The van der Waals surface area contributed by atoms with Gasteiger partial charge in [-0.3, -0.25) is 4.57 Å². The normalized spacial score (nSPS) is 38.1. The monoisotopic (exact) mass is 262 g/mol. The highest BCUT2D eigenvalue weighted by Gasteiger charge is 2.53. The van der Waals surface area contributed by atoms with Crippen LogP contribution in [-0.4, -0.2) is 32.3 Å². The summed E-state index contributed by atoms with van der Waals surface area (Å²) in [6, 6.07) is 1.33. The second-order valence-corrected chi connectivity index (χ2v) is 4.73. The van der Waals surface area contributed by atoms with Gasteiger partial charge in [0.15, 0.2) is 11.6 Å². The molecule has 1 aliphatic rings. The van der Waals surface area contributed by atoms with Crippen molar-refractivity contribution in [3.8, 4) is 0 Å². The fourth-order valence-electron chi connectivity index (χ4n) is 1.66. The summed E-state index contributed by atoms with van der Waals surface area (Å²) in [4.78, 5) is 15.1. The van der Waals surface area contributed by atoms with Crippen LogP contribution in [0.2, 0.25) is 0 Å². The summed E-state index contributed by atoms with van der Waals surface area (Å²) < 4.78 is 27.6. The molecule has 0 radical (unpaired) electrons. The number of ether oxygens (including phenoxy) is 1. The molecule has 0 spiro atoms. The quantitative estimate of drug-likeness (QED) is 0.675. The number of aliphatic hydroxyl groups excluding tert-OH is 1. The Hall–Kier alpha value is -1.04. The van der Waals surface area contributed by atoms with Crippen molar-refractivity contribution in [2.24, 2.45) is 0 Å². The first-order chi connectivity index (χ1) is 8.37. The molecule has 0 saturated carbocycles. The second kappa shape index (κ2) is 4.01. The van der Waals surface area contributed by atoms with Crippen molar-refractivity contribution in [3.63, 3.8) is 0 Å². The van der Waals surface area contributed by atoms with Crippen molar-refractivity contribution >= 4 is 15.1 Å². The third-order valence-electron chi connectivity index (χ3n) is 2.59. The molecule has 5 atom stereocenters. The second-order valence-electron chi connectivity index (χ2n) is 3.84. The molecule has 2 rings (SSSR count). The summed E-state index contributed by atoms with van der Waals surface area (Å²) in [7, 11) is 1.83. The van der Waals surface area contributed by atoms with Crippen LogP contribution in [0.4, 0.5) is 10.2 Å². The van der Waals surface area contributed by atoms with E-state index in [1.165, 1.54) is 12.3 Å². The largest absolute Gasteiger partial charge is 0.387 e. The molecule has 1 aromatic heterocycles. The van der Waals surface area contributed by atoms with Crippen molar-refractivity contribution in [3.05, 3.63) is 22.7 Å². The van der Waals surface area contributed by atoms with Gasteiger partial charge in [-0.1, -0.05) is 9.24 Å². The van der Waals surface area contributed by atoms with Gasteiger partial charge in [0, 0.05) is 7.57 Å². The number of aromatic nitrogens is 2. The van der Waals surface area contributed by atoms with Crippen LogP contribution >= 0.6 is 9.24 Å². The van der Waals surface area contributed by atoms with E-state index >= 15 is 0 Å². The minimum atomic E-state index is -2.26. The molecule has 3 unspecified atom stereocenters. The van der Waals surface area contributed by atoms with Crippen molar-refractivity contribution in [1.29, 1.82) is 0 Å². The lowest BCUT2D eigenvalue weighted by molar-refractivity contribution is -0.0241. The van der Waals surface area contributed by atoms with E-state index in [4.69, 9.17) is 11.8 Å². The SMILES string of the molecule is [2H]C[C@H]1O[C@@H](n2ccc(N)nc2=O)C(F)(P)C1O. The first kappa shape index (κ1) is 11.1. The van der Waals surface area contributed by atoms with Gasteiger partial charge < -0.3 is 15.6 Å². The molecule has 6 nitrogen and oxygen atoms in total. The number of halogens is 1. The minimum absolute atomic E-state index is 0.0139. The summed E-state index contributed by atoms with van der Waals surface area (Å²) in [5.74, 6) is 0.0139. The van der Waals surface area contributed by atoms with Gasteiger partial charge in [0.25, 0.3) is 0 Å². The Morgan fingerprint density at radius 2 is 2.59 bits per heavy atom. The maximum Gasteiger partial charge on any atom is 0.351 e. The van der Waals surface area contributed by atoms with Crippen LogP contribution in [0, 0.1) is 0 Å². The van der Waals surface area contributed by atoms with Crippen LogP contribution in [0.3, 0.4) is 0 Å². The molecule has 94 valence electrons. The van der Waals surface area contributed by atoms with E-state index in [9.17, 15) is 14.3 Å². The van der Waals surface area contributed by atoms with Gasteiger partial charge in [-0.05, 0) is 13.0 Å². The molecule has 0 bridgehead atoms. The molecule has 0 aliphatic carbocycles. The first-order valence-electron chi connectivity index (χ1n) is 5.54. The van der Waals surface area contributed by atoms with Gasteiger partial charge in [-0.2, -0.15) is 4.98 Å². The Labute approximate surface area is 100 Å². The number of aliphatic hydroxyl groups is 1. The third kappa shape index (κ3) is 1.94. The van der Waals surface area contributed by atoms with E-state index in [1.54, 1.807) is 0 Å². The Kier molecular flexibility index (Phi) is 2.61. The Morgan fingerprint density at radius 3 is 3.12 bits per heavy atom. The van der Waals surface area contributed by atoms with Crippen LogP contribution in [0.5, 0.6) is 0 Å².